The van der Waals surface area contributed by atoms with Crippen LogP contribution in [-0.4, -0.2) is 29.9 Å². The number of methoxy groups -OCH3 is 1. The number of rotatable bonds is 5. The minimum Gasteiger partial charge on any atom is -0.468 e. The monoisotopic (exact) mass is 294 g/mol. The molecule has 4 nitrogen and oxygen atoms in total. The van der Waals surface area contributed by atoms with Crippen molar-refractivity contribution >= 4 is 28.6 Å². The molecule has 0 saturated heterocycles. The molecule has 0 aliphatic carbocycles. The van der Waals surface area contributed by atoms with Gasteiger partial charge in [0.1, 0.15) is 11.9 Å². The average Bonchev–Trinajstić information content (AvgIpc) is 2.45. The number of carbonyl (C=O) groups excluding carboxylic acids is 1. The zero-order valence-electron chi connectivity index (χ0n) is 11.0. The van der Waals surface area contributed by atoms with Crippen LogP contribution in [-0.2, 0) is 15.3 Å². The van der Waals surface area contributed by atoms with E-state index >= 15 is 0 Å². The molecule has 1 heterocycles. The molecule has 1 aromatic heterocycles. The number of pyridine rings is 1. The molecule has 1 unspecified atom stereocenters. The van der Waals surface area contributed by atoms with Crippen LogP contribution in [0.1, 0.15) is 5.56 Å². The van der Waals surface area contributed by atoms with E-state index in [0.717, 1.165) is 16.5 Å². The van der Waals surface area contributed by atoms with Gasteiger partial charge in [-0.05, 0) is 23.8 Å². The number of halogens is 1. The van der Waals surface area contributed by atoms with Gasteiger partial charge in [0.2, 0.25) is 0 Å². The molecule has 0 spiro atoms. The Kier molecular flexibility index (Phi) is 4.92. The predicted molar refractivity (Wildman–Crippen MR) is 77.9 cm³/mol. The fraction of sp³-hybridized carbons (Fsp3) is 0.286. The molecule has 0 fully saturated rings. The summed E-state index contributed by atoms with van der Waals surface area (Å²) >= 11 is 1.45. The first-order valence-electron chi connectivity index (χ1n) is 6.06. The molecule has 2 rings (SSSR count). The second-order valence-corrected chi connectivity index (χ2v) is 5.32. The standard InChI is InChI=1S/C14H15FN2O2S/c1-19-14(18)12(16)8-20-7-10-6-11(15)5-9-3-2-4-17-13(9)10/h2-6,12H,7-8,16H2,1H3. The molecule has 0 bridgehead atoms. The number of hydrogen-bond acceptors (Lipinski definition) is 5. The molecule has 0 aliphatic heterocycles. The summed E-state index contributed by atoms with van der Waals surface area (Å²) in [6.45, 7) is 0. The highest BCUT2D eigenvalue weighted by molar-refractivity contribution is 7.98. The Balaban J connectivity index is 2.08. The van der Waals surface area contributed by atoms with Gasteiger partial charge in [0.15, 0.2) is 0 Å². The van der Waals surface area contributed by atoms with E-state index < -0.39 is 12.0 Å². The summed E-state index contributed by atoms with van der Waals surface area (Å²) in [5.41, 5.74) is 7.21. The summed E-state index contributed by atoms with van der Waals surface area (Å²) in [6, 6.07) is 5.84. The van der Waals surface area contributed by atoms with Gasteiger partial charge in [-0.1, -0.05) is 6.07 Å². The van der Waals surface area contributed by atoms with Crippen molar-refractivity contribution in [1.29, 1.82) is 0 Å². The molecule has 0 amide bonds. The fourth-order valence-electron chi connectivity index (χ4n) is 1.85. The Bertz CT molecular complexity index is 621. The van der Waals surface area contributed by atoms with Crippen molar-refractivity contribution in [2.45, 2.75) is 11.8 Å². The van der Waals surface area contributed by atoms with Crippen LogP contribution in [0.15, 0.2) is 30.5 Å². The molecule has 1 aromatic carbocycles. The zero-order chi connectivity index (χ0) is 14.5. The normalized spacial score (nSPS) is 12.3. The summed E-state index contributed by atoms with van der Waals surface area (Å²) in [5.74, 6) is 0.214. The third-order valence-electron chi connectivity index (χ3n) is 2.81. The molecule has 6 heteroatoms. The maximum Gasteiger partial charge on any atom is 0.323 e. The summed E-state index contributed by atoms with van der Waals surface area (Å²) < 4.78 is 18.1. The van der Waals surface area contributed by atoms with Crippen LogP contribution in [0.5, 0.6) is 0 Å². The van der Waals surface area contributed by atoms with Crippen molar-refractivity contribution in [3.8, 4) is 0 Å². The minimum atomic E-state index is -0.669. The smallest absolute Gasteiger partial charge is 0.323 e. The lowest BCUT2D eigenvalue weighted by atomic mass is 10.1. The van der Waals surface area contributed by atoms with Crippen molar-refractivity contribution in [3.05, 3.63) is 41.8 Å². The number of carbonyl (C=O) groups is 1. The second kappa shape index (κ2) is 6.67. The number of ether oxygens (including phenoxy) is 1. The summed E-state index contributed by atoms with van der Waals surface area (Å²) in [5, 5.41) is 0.764. The van der Waals surface area contributed by atoms with Gasteiger partial charge in [-0.2, -0.15) is 11.8 Å². The molecule has 20 heavy (non-hydrogen) atoms. The van der Waals surface area contributed by atoms with Gasteiger partial charge in [0.05, 0.1) is 12.6 Å². The van der Waals surface area contributed by atoms with Crippen LogP contribution < -0.4 is 5.73 Å². The van der Waals surface area contributed by atoms with Crippen molar-refractivity contribution in [2.75, 3.05) is 12.9 Å². The molecular weight excluding hydrogens is 279 g/mol. The number of aromatic nitrogens is 1. The van der Waals surface area contributed by atoms with E-state index in [1.54, 1.807) is 12.3 Å². The highest BCUT2D eigenvalue weighted by atomic mass is 32.2. The van der Waals surface area contributed by atoms with Gasteiger partial charge in [-0.15, -0.1) is 0 Å². The van der Waals surface area contributed by atoms with Crippen molar-refractivity contribution in [2.24, 2.45) is 5.73 Å². The van der Waals surface area contributed by atoms with Gasteiger partial charge < -0.3 is 10.5 Å². The van der Waals surface area contributed by atoms with E-state index in [0.29, 0.717) is 11.5 Å². The Morgan fingerprint density at radius 1 is 1.55 bits per heavy atom. The van der Waals surface area contributed by atoms with Gasteiger partial charge in [-0.3, -0.25) is 9.78 Å². The van der Waals surface area contributed by atoms with E-state index in [4.69, 9.17) is 5.73 Å². The number of esters is 1. The molecule has 0 saturated carbocycles. The Morgan fingerprint density at radius 2 is 2.35 bits per heavy atom. The lowest BCUT2D eigenvalue weighted by Gasteiger charge is -2.10. The third kappa shape index (κ3) is 3.46. The van der Waals surface area contributed by atoms with Gasteiger partial charge in [0, 0.05) is 23.1 Å². The maximum atomic E-state index is 13.5. The Labute approximate surface area is 120 Å². The molecular formula is C14H15FN2O2S. The summed E-state index contributed by atoms with van der Waals surface area (Å²) in [4.78, 5) is 15.5. The number of thioether (sulfide) groups is 1. The van der Waals surface area contributed by atoms with Crippen LogP contribution in [0.2, 0.25) is 0 Å². The van der Waals surface area contributed by atoms with E-state index in [9.17, 15) is 9.18 Å². The first kappa shape index (κ1) is 14.7. The third-order valence-corrected chi connectivity index (χ3v) is 3.92. The molecule has 2 N–H and O–H groups in total. The van der Waals surface area contributed by atoms with Crippen LogP contribution in [0, 0.1) is 5.82 Å². The lowest BCUT2D eigenvalue weighted by molar-refractivity contribution is -0.141. The number of fused-ring (bicyclic) bond motifs is 1. The SMILES string of the molecule is COC(=O)C(N)CSCc1cc(F)cc2cccnc12. The van der Waals surface area contributed by atoms with Gasteiger partial charge in [-0.25, -0.2) is 4.39 Å². The Morgan fingerprint density at radius 3 is 3.10 bits per heavy atom. The number of nitrogens with two attached hydrogens (primary N) is 1. The van der Waals surface area contributed by atoms with Crippen molar-refractivity contribution in [1.82, 2.24) is 4.98 Å². The van der Waals surface area contributed by atoms with E-state index in [1.165, 1.54) is 31.0 Å². The van der Waals surface area contributed by atoms with Crippen molar-refractivity contribution in [3.63, 3.8) is 0 Å². The van der Waals surface area contributed by atoms with Crippen molar-refractivity contribution < 1.29 is 13.9 Å². The highest BCUT2D eigenvalue weighted by Crippen LogP contribution is 2.22. The zero-order valence-corrected chi connectivity index (χ0v) is 11.8. The van der Waals surface area contributed by atoms with Crippen LogP contribution in [0.3, 0.4) is 0 Å². The molecule has 1 atom stereocenters. The molecule has 106 valence electrons. The van der Waals surface area contributed by atoms with Gasteiger partial charge >= 0.3 is 5.97 Å². The van der Waals surface area contributed by atoms with E-state index in [1.807, 2.05) is 6.07 Å². The average molecular weight is 294 g/mol. The largest absolute Gasteiger partial charge is 0.468 e. The topological polar surface area (TPSA) is 65.2 Å². The second-order valence-electron chi connectivity index (χ2n) is 4.28. The summed E-state index contributed by atoms with van der Waals surface area (Å²) in [7, 11) is 1.30. The quantitative estimate of drug-likeness (QED) is 0.856. The van der Waals surface area contributed by atoms with Crippen LogP contribution in [0.4, 0.5) is 4.39 Å². The molecule has 0 aliphatic rings. The van der Waals surface area contributed by atoms with E-state index in [2.05, 4.69) is 9.72 Å². The predicted octanol–water partition coefficient (Wildman–Crippen LogP) is 2.11. The lowest BCUT2D eigenvalue weighted by Crippen LogP contribution is -2.33. The molecule has 0 radical (unpaired) electrons. The number of nitrogens with zero attached hydrogens (tertiary/aromatic N) is 1. The minimum absolute atomic E-state index is 0.293. The van der Waals surface area contributed by atoms with Gasteiger partial charge in [0.25, 0.3) is 0 Å². The maximum absolute atomic E-state index is 13.5. The number of benzene rings is 1. The Hall–Kier alpha value is -1.66. The first-order valence-corrected chi connectivity index (χ1v) is 7.21. The number of hydrogen-bond donors (Lipinski definition) is 1. The van der Waals surface area contributed by atoms with E-state index in [-0.39, 0.29) is 5.82 Å². The molecule has 2 aromatic rings. The first-order chi connectivity index (χ1) is 9.61. The highest BCUT2D eigenvalue weighted by Gasteiger charge is 2.14. The van der Waals surface area contributed by atoms with Crippen LogP contribution >= 0.6 is 11.8 Å². The van der Waals surface area contributed by atoms with Crippen LogP contribution in [0.25, 0.3) is 10.9 Å². The summed E-state index contributed by atoms with van der Waals surface area (Å²) in [6.07, 6.45) is 1.68. The fourth-order valence-corrected chi connectivity index (χ4v) is 2.80.